The Morgan fingerprint density at radius 1 is 1.00 bits per heavy atom. The third-order valence-corrected chi connectivity index (χ3v) is 6.73. The van der Waals surface area contributed by atoms with Gasteiger partial charge >= 0.3 is 5.97 Å². The van der Waals surface area contributed by atoms with Crippen molar-refractivity contribution in [2.24, 2.45) is 5.92 Å². The Labute approximate surface area is 161 Å². The highest BCUT2D eigenvalue weighted by Gasteiger charge is 2.30. The molecule has 27 heavy (non-hydrogen) atoms. The van der Waals surface area contributed by atoms with Crippen LogP contribution in [-0.4, -0.2) is 60.8 Å². The van der Waals surface area contributed by atoms with Gasteiger partial charge in [-0.1, -0.05) is 32.9 Å². The molecule has 7 nitrogen and oxygen atoms in total. The molecule has 1 N–H and O–H groups in total. The molecule has 1 fully saturated rings. The molecule has 1 atom stereocenters. The minimum atomic E-state index is -3.57. The van der Waals surface area contributed by atoms with E-state index in [1.165, 1.54) is 4.31 Å². The predicted octanol–water partition coefficient (Wildman–Crippen LogP) is 2.14. The Bertz CT molecular complexity index is 766. The van der Waals surface area contributed by atoms with E-state index in [0.29, 0.717) is 19.0 Å². The van der Waals surface area contributed by atoms with Gasteiger partial charge in [-0.3, -0.25) is 9.59 Å². The van der Waals surface area contributed by atoms with E-state index in [9.17, 15) is 18.0 Å². The number of sulfonamides is 1. The Balaban J connectivity index is 1.95. The molecule has 0 unspecified atom stereocenters. The Hall–Kier alpha value is -1.93. The van der Waals surface area contributed by atoms with Crippen LogP contribution in [-0.2, 0) is 19.6 Å². The topological polar surface area (TPSA) is 95.0 Å². The summed E-state index contributed by atoms with van der Waals surface area (Å²) in [7, 11) is -3.57. The molecule has 0 radical (unpaired) electrons. The van der Waals surface area contributed by atoms with Crippen LogP contribution in [0.15, 0.2) is 29.2 Å². The van der Waals surface area contributed by atoms with Crippen molar-refractivity contribution in [3.8, 4) is 0 Å². The van der Waals surface area contributed by atoms with Crippen molar-refractivity contribution in [1.29, 1.82) is 0 Å². The van der Waals surface area contributed by atoms with Crippen LogP contribution in [0, 0.1) is 5.92 Å². The lowest BCUT2D eigenvalue weighted by Gasteiger charge is -2.34. The molecule has 8 heteroatoms. The molecule has 2 rings (SSSR count). The highest BCUT2D eigenvalue weighted by Crippen LogP contribution is 2.21. The molecule has 1 saturated heterocycles. The smallest absolute Gasteiger partial charge is 0.303 e. The van der Waals surface area contributed by atoms with E-state index in [0.717, 1.165) is 5.56 Å². The minimum Gasteiger partial charge on any atom is -0.481 e. The summed E-state index contributed by atoms with van der Waals surface area (Å²) in [4.78, 5) is 24.9. The number of rotatable bonds is 7. The average molecular weight is 397 g/mol. The average Bonchev–Trinajstić information content (AvgIpc) is 2.61. The summed E-state index contributed by atoms with van der Waals surface area (Å²) in [6.45, 7) is 6.96. The highest BCUT2D eigenvalue weighted by molar-refractivity contribution is 7.89. The van der Waals surface area contributed by atoms with E-state index in [-0.39, 0.29) is 42.7 Å². The van der Waals surface area contributed by atoms with E-state index >= 15 is 0 Å². The summed E-state index contributed by atoms with van der Waals surface area (Å²) in [5, 5.41) is 8.79. The molecule has 1 amide bonds. The Morgan fingerprint density at radius 2 is 1.56 bits per heavy atom. The van der Waals surface area contributed by atoms with Gasteiger partial charge in [-0.05, 0) is 29.5 Å². The molecule has 150 valence electrons. The zero-order valence-corrected chi connectivity index (χ0v) is 16.9. The second-order valence-electron chi connectivity index (χ2n) is 7.42. The number of carboxylic acid groups (broad SMARTS) is 1. The summed E-state index contributed by atoms with van der Waals surface area (Å²) >= 11 is 0. The number of carbonyl (C=O) groups excluding carboxylic acids is 1. The quantitative estimate of drug-likeness (QED) is 0.762. The van der Waals surface area contributed by atoms with E-state index in [1.54, 1.807) is 24.0 Å². The van der Waals surface area contributed by atoms with Gasteiger partial charge < -0.3 is 10.0 Å². The molecule has 1 aliphatic heterocycles. The van der Waals surface area contributed by atoms with Crippen molar-refractivity contribution in [2.75, 3.05) is 26.2 Å². The summed E-state index contributed by atoms with van der Waals surface area (Å²) in [6, 6.07) is 6.94. The maximum atomic E-state index is 12.8. The fourth-order valence-corrected chi connectivity index (χ4v) is 4.57. The number of carboxylic acids is 1. The molecule has 1 aromatic carbocycles. The minimum absolute atomic E-state index is 0.0492. The summed E-state index contributed by atoms with van der Waals surface area (Å²) in [6.07, 6.45) is 0.113. The van der Waals surface area contributed by atoms with Crippen molar-refractivity contribution in [1.82, 2.24) is 9.21 Å². The Morgan fingerprint density at radius 3 is 2.04 bits per heavy atom. The standard InChI is InChI=1S/C19H28N2O5S/c1-14(2)16-4-6-17(7-5-16)27(25,26)21-10-8-20(9-11-21)18(22)12-15(3)13-19(23)24/h4-7,14-15H,8-13H2,1-3H3,(H,23,24)/t15-/m0/s1. The van der Waals surface area contributed by atoms with Crippen LogP contribution in [0.5, 0.6) is 0 Å². The van der Waals surface area contributed by atoms with Crippen molar-refractivity contribution in [3.05, 3.63) is 29.8 Å². The second-order valence-corrected chi connectivity index (χ2v) is 9.35. The van der Waals surface area contributed by atoms with Crippen LogP contribution in [0.4, 0.5) is 0 Å². The third kappa shape index (κ3) is 5.52. The zero-order chi connectivity index (χ0) is 20.2. The molecule has 1 heterocycles. The normalized spacial score (nSPS) is 17.1. The predicted molar refractivity (Wildman–Crippen MR) is 102 cm³/mol. The zero-order valence-electron chi connectivity index (χ0n) is 16.1. The molecular weight excluding hydrogens is 368 g/mol. The van der Waals surface area contributed by atoms with Crippen LogP contribution in [0.3, 0.4) is 0 Å². The summed E-state index contributed by atoms with van der Waals surface area (Å²) in [5.74, 6) is -0.951. The van der Waals surface area contributed by atoms with Crippen molar-refractivity contribution >= 4 is 21.9 Å². The fraction of sp³-hybridized carbons (Fsp3) is 0.579. The number of carbonyl (C=O) groups is 2. The van der Waals surface area contributed by atoms with Gasteiger partial charge in [0, 0.05) is 39.0 Å². The maximum Gasteiger partial charge on any atom is 0.303 e. The molecule has 1 aromatic rings. The van der Waals surface area contributed by atoms with Crippen LogP contribution < -0.4 is 0 Å². The SMILES string of the molecule is CC(C)c1ccc(S(=O)(=O)N2CCN(C(=O)C[C@H](C)CC(=O)O)CC2)cc1. The fourth-order valence-electron chi connectivity index (χ4n) is 3.15. The Kier molecular flexibility index (Phi) is 7.00. The van der Waals surface area contributed by atoms with E-state index in [2.05, 4.69) is 13.8 Å². The van der Waals surface area contributed by atoms with Gasteiger partial charge in [0.25, 0.3) is 0 Å². The van der Waals surface area contributed by atoms with Crippen LogP contribution in [0.2, 0.25) is 0 Å². The van der Waals surface area contributed by atoms with Gasteiger partial charge in [-0.15, -0.1) is 0 Å². The first-order valence-corrected chi connectivity index (χ1v) is 10.6. The van der Waals surface area contributed by atoms with Crippen LogP contribution >= 0.6 is 0 Å². The van der Waals surface area contributed by atoms with Gasteiger partial charge in [-0.25, -0.2) is 8.42 Å². The number of benzene rings is 1. The molecule has 0 aromatic heterocycles. The van der Waals surface area contributed by atoms with Gasteiger partial charge in [-0.2, -0.15) is 4.31 Å². The molecule has 0 saturated carbocycles. The lowest BCUT2D eigenvalue weighted by atomic mass is 10.0. The molecular formula is C19H28N2O5S. The van der Waals surface area contributed by atoms with Gasteiger partial charge in [0.05, 0.1) is 4.90 Å². The molecule has 0 bridgehead atoms. The van der Waals surface area contributed by atoms with Crippen LogP contribution in [0.1, 0.15) is 45.1 Å². The summed E-state index contributed by atoms with van der Waals surface area (Å²) in [5.41, 5.74) is 1.08. The lowest BCUT2D eigenvalue weighted by Crippen LogP contribution is -2.50. The first-order chi connectivity index (χ1) is 12.6. The maximum absolute atomic E-state index is 12.8. The molecule has 1 aliphatic rings. The van der Waals surface area contributed by atoms with Gasteiger partial charge in [0.15, 0.2) is 0 Å². The number of hydrogen-bond donors (Lipinski definition) is 1. The van der Waals surface area contributed by atoms with Crippen LogP contribution in [0.25, 0.3) is 0 Å². The van der Waals surface area contributed by atoms with E-state index < -0.39 is 16.0 Å². The molecule has 0 spiro atoms. The largest absolute Gasteiger partial charge is 0.481 e. The van der Waals surface area contributed by atoms with Gasteiger partial charge in [0.2, 0.25) is 15.9 Å². The van der Waals surface area contributed by atoms with E-state index in [4.69, 9.17) is 5.11 Å². The van der Waals surface area contributed by atoms with Crippen molar-refractivity contribution in [3.63, 3.8) is 0 Å². The van der Waals surface area contributed by atoms with Crippen molar-refractivity contribution in [2.45, 2.75) is 44.4 Å². The first kappa shape index (κ1) is 21.4. The number of aliphatic carboxylic acids is 1. The number of nitrogens with zero attached hydrogens (tertiary/aromatic N) is 2. The number of amides is 1. The van der Waals surface area contributed by atoms with Crippen molar-refractivity contribution < 1.29 is 23.1 Å². The highest BCUT2D eigenvalue weighted by atomic mass is 32.2. The van der Waals surface area contributed by atoms with Gasteiger partial charge in [0.1, 0.15) is 0 Å². The van der Waals surface area contributed by atoms with E-state index in [1.807, 2.05) is 12.1 Å². The first-order valence-electron chi connectivity index (χ1n) is 9.21. The third-order valence-electron chi connectivity index (χ3n) is 4.82. The lowest BCUT2D eigenvalue weighted by molar-refractivity contribution is -0.138. The second kappa shape index (κ2) is 8.84. The molecule has 0 aliphatic carbocycles. The monoisotopic (exact) mass is 396 g/mol. The number of hydrogen-bond acceptors (Lipinski definition) is 4. The summed E-state index contributed by atoms with van der Waals surface area (Å²) < 4.78 is 27.0. The number of piperazine rings is 1.